The first-order valence-corrected chi connectivity index (χ1v) is 6.86. The zero-order valence-electron chi connectivity index (χ0n) is 11.9. The Labute approximate surface area is 132 Å². The number of anilines is 1. The highest BCUT2D eigenvalue weighted by molar-refractivity contribution is 5.93. The molecule has 3 unspecified atom stereocenters. The normalized spacial score (nSPS) is 30.4. The minimum Gasteiger partial charge on any atom is -0.388 e. The van der Waals surface area contributed by atoms with E-state index < -0.39 is 42.2 Å². The van der Waals surface area contributed by atoms with Crippen molar-refractivity contribution in [2.75, 3.05) is 12.0 Å². The molecule has 2 heterocycles. The smallest absolute Gasteiger partial charge is 0.300 e. The zero-order chi connectivity index (χ0) is 17.4. The highest BCUT2D eigenvalue weighted by Gasteiger charge is 2.44. The maximum absolute atomic E-state index is 12.7. The average molecular weight is 344 g/mol. The van der Waals surface area contributed by atoms with E-state index in [4.69, 9.17) is 4.74 Å². The van der Waals surface area contributed by atoms with Crippen molar-refractivity contribution in [3.05, 3.63) is 22.2 Å². The van der Waals surface area contributed by atoms with Crippen molar-refractivity contribution in [3.63, 3.8) is 0 Å². The Kier molecular flexibility index (Phi) is 4.28. The summed E-state index contributed by atoms with van der Waals surface area (Å²) in [6.07, 6.45) is -6.12. The number of aliphatic hydroxyl groups is 3. The molecule has 0 radical (unpaired) electrons. The van der Waals surface area contributed by atoms with Crippen molar-refractivity contribution in [1.29, 1.82) is 0 Å². The molecular weight excluding hydrogens is 331 g/mol. The number of aliphatic hydroxyl groups excluding tert-OH is 3. The van der Waals surface area contributed by atoms with Gasteiger partial charge in [0.15, 0.2) is 11.8 Å². The van der Waals surface area contributed by atoms with E-state index >= 15 is 0 Å². The van der Waals surface area contributed by atoms with Crippen LogP contribution in [0.2, 0.25) is 0 Å². The molecule has 130 valence electrons. The van der Waals surface area contributed by atoms with Crippen molar-refractivity contribution >= 4 is 22.4 Å². The number of alkyl halides is 1. The predicted molar refractivity (Wildman–Crippen MR) is 74.7 cm³/mol. The summed E-state index contributed by atoms with van der Waals surface area (Å²) in [6.45, 7) is -1.09. The maximum atomic E-state index is 12.7. The number of ether oxygens (including phenoxy) is 1. The third-order valence-corrected chi connectivity index (χ3v) is 3.79. The molecule has 0 spiro atoms. The fourth-order valence-electron chi connectivity index (χ4n) is 2.53. The Morgan fingerprint density at radius 3 is 2.62 bits per heavy atom. The molecule has 12 heteroatoms. The number of rotatable bonds is 4. The zero-order valence-corrected chi connectivity index (χ0v) is 11.9. The highest BCUT2D eigenvalue weighted by atomic mass is 19.1. The average Bonchev–Trinajstić information content (AvgIpc) is 3.04. The molecule has 0 saturated carbocycles. The van der Waals surface area contributed by atoms with Crippen molar-refractivity contribution in [3.8, 4) is 0 Å². The van der Waals surface area contributed by atoms with Crippen LogP contribution < -0.4 is 5.32 Å². The van der Waals surface area contributed by atoms with Gasteiger partial charge in [0.2, 0.25) is 5.52 Å². The Morgan fingerprint density at radius 1 is 1.25 bits per heavy atom. The number of halogens is 1. The quantitative estimate of drug-likeness (QED) is 0.412. The van der Waals surface area contributed by atoms with Gasteiger partial charge in [-0.15, -0.1) is 0 Å². The van der Waals surface area contributed by atoms with E-state index in [0.29, 0.717) is 0 Å². The van der Waals surface area contributed by atoms with Crippen LogP contribution >= 0.6 is 0 Å². The van der Waals surface area contributed by atoms with Crippen LogP contribution in [0.5, 0.6) is 0 Å². The van der Waals surface area contributed by atoms with Crippen molar-refractivity contribution in [2.24, 2.45) is 0 Å². The van der Waals surface area contributed by atoms with E-state index in [1.807, 2.05) is 0 Å². The number of nitrogens with zero attached hydrogens (tertiary/aromatic N) is 3. The summed E-state index contributed by atoms with van der Waals surface area (Å²) in [6, 6.07) is 1.18. The molecule has 1 aliphatic heterocycles. The lowest BCUT2D eigenvalue weighted by Gasteiger charge is -2.40. The fraction of sp³-hybridized carbons (Fsp3) is 0.500. The lowest BCUT2D eigenvalue weighted by Crippen LogP contribution is -2.60. The molecule has 1 aromatic carbocycles. The molecule has 3 rings (SSSR count). The van der Waals surface area contributed by atoms with Gasteiger partial charge in [0.05, 0.1) is 10.6 Å². The van der Waals surface area contributed by atoms with Gasteiger partial charge >= 0.3 is 5.69 Å². The number of fused-ring (bicyclic) bond motifs is 1. The summed E-state index contributed by atoms with van der Waals surface area (Å²) in [5, 5.41) is 50.3. The lowest BCUT2D eigenvalue weighted by molar-refractivity contribution is -0.383. The molecule has 11 nitrogen and oxygen atoms in total. The van der Waals surface area contributed by atoms with Crippen LogP contribution in [0.4, 0.5) is 15.8 Å². The second kappa shape index (κ2) is 6.24. The SMILES string of the molecule is O=[N+]([O-])c1ccc(NC2C(O)[C@@H](O)C(CF)O[C@@H]2O)c2nonc12. The minimum absolute atomic E-state index is 0.00861. The first-order valence-electron chi connectivity index (χ1n) is 6.86. The van der Waals surface area contributed by atoms with Gasteiger partial charge in [-0.3, -0.25) is 10.1 Å². The van der Waals surface area contributed by atoms with Gasteiger partial charge in [0.25, 0.3) is 0 Å². The molecule has 0 bridgehead atoms. The molecule has 2 aromatic rings. The van der Waals surface area contributed by atoms with E-state index in [-0.39, 0.29) is 22.4 Å². The number of aromatic nitrogens is 2. The van der Waals surface area contributed by atoms with Crippen LogP contribution in [0.3, 0.4) is 0 Å². The number of nitrogens with one attached hydrogen (secondary N) is 1. The van der Waals surface area contributed by atoms with E-state index in [1.165, 1.54) is 6.07 Å². The molecule has 1 saturated heterocycles. The molecule has 0 amide bonds. The summed E-state index contributed by atoms with van der Waals surface area (Å²) in [5.41, 5.74) is -0.330. The van der Waals surface area contributed by atoms with Crippen LogP contribution in [0, 0.1) is 10.1 Å². The van der Waals surface area contributed by atoms with E-state index in [2.05, 4.69) is 20.3 Å². The summed E-state index contributed by atoms with van der Waals surface area (Å²) < 4.78 is 22.1. The second-order valence-corrected chi connectivity index (χ2v) is 5.22. The molecular formula is C12H13FN4O7. The Morgan fingerprint density at radius 2 is 1.96 bits per heavy atom. The van der Waals surface area contributed by atoms with Crippen molar-refractivity contribution < 1.29 is 34.0 Å². The highest BCUT2D eigenvalue weighted by Crippen LogP contribution is 2.31. The minimum atomic E-state index is -1.63. The lowest BCUT2D eigenvalue weighted by atomic mass is 9.97. The summed E-state index contributed by atoms with van der Waals surface area (Å²) in [5.74, 6) is 0. The van der Waals surface area contributed by atoms with Crippen LogP contribution in [0.1, 0.15) is 0 Å². The summed E-state index contributed by atoms with van der Waals surface area (Å²) in [4.78, 5) is 10.3. The molecule has 0 aliphatic carbocycles. The third-order valence-electron chi connectivity index (χ3n) is 3.79. The molecule has 5 atom stereocenters. The fourth-order valence-corrected chi connectivity index (χ4v) is 2.53. The van der Waals surface area contributed by atoms with Crippen LogP contribution in [0.15, 0.2) is 16.8 Å². The molecule has 1 aliphatic rings. The van der Waals surface area contributed by atoms with Crippen LogP contribution in [-0.2, 0) is 4.74 Å². The van der Waals surface area contributed by atoms with E-state index in [1.54, 1.807) is 0 Å². The number of nitro benzene ring substituents is 1. The standard InChI is InChI=1S/C12H13FN4O7/c13-3-6-10(18)11(19)9(12(20)23-6)14-4-1-2-5(17(21)22)8-7(4)15-24-16-8/h1-2,6,9-12,14,18-20H,3H2/t6?,9?,10-,11?,12-/m0/s1. The van der Waals surface area contributed by atoms with E-state index in [0.717, 1.165) is 6.07 Å². The van der Waals surface area contributed by atoms with Crippen molar-refractivity contribution in [2.45, 2.75) is 30.6 Å². The summed E-state index contributed by atoms with van der Waals surface area (Å²) >= 11 is 0. The summed E-state index contributed by atoms with van der Waals surface area (Å²) in [7, 11) is 0. The van der Waals surface area contributed by atoms with Crippen LogP contribution in [0.25, 0.3) is 11.0 Å². The molecule has 1 fully saturated rings. The Bertz CT molecular complexity index is 756. The van der Waals surface area contributed by atoms with Gasteiger partial charge in [-0.25, -0.2) is 9.02 Å². The number of hydrogen-bond donors (Lipinski definition) is 4. The Balaban J connectivity index is 1.91. The largest absolute Gasteiger partial charge is 0.388 e. The number of hydrogen-bond acceptors (Lipinski definition) is 10. The molecule has 1 aromatic heterocycles. The first-order chi connectivity index (χ1) is 11.4. The van der Waals surface area contributed by atoms with Gasteiger partial charge in [-0.05, 0) is 16.4 Å². The van der Waals surface area contributed by atoms with Crippen molar-refractivity contribution in [1.82, 2.24) is 10.3 Å². The number of nitro groups is 1. The first kappa shape index (κ1) is 16.4. The number of benzene rings is 1. The van der Waals surface area contributed by atoms with Gasteiger partial charge in [0, 0.05) is 6.07 Å². The van der Waals surface area contributed by atoms with Gasteiger partial charge in [-0.1, -0.05) is 0 Å². The van der Waals surface area contributed by atoms with Crippen LogP contribution in [-0.4, -0.2) is 67.9 Å². The molecule has 24 heavy (non-hydrogen) atoms. The van der Waals surface area contributed by atoms with Gasteiger partial charge in [0.1, 0.15) is 31.0 Å². The van der Waals surface area contributed by atoms with E-state index in [9.17, 15) is 29.8 Å². The molecule has 4 N–H and O–H groups in total. The Hall–Kier alpha value is -2.41. The third kappa shape index (κ3) is 2.65. The number of non-ortho nitro benzene ring substituents is 1. The maximum Gasteiger partial charge on any atom is 0.300 e. The predicted octanol–water partition coefficient (Wildman–Crippen LogP) is -0.680. The topological polar surface area (TPSA) is 164 Å². The second-order valence-electron chi connectivity index (χ2n) is 5.22. The van der Waals surface area contributed by atoms with Gasteiger partial charge < -0.3 is 25.4 Å². The monoisotopic (exact) mass is 344 g/mol. The van der Waals surface area contributed by atoms with Gasteiger partial charge in [-0.2, -0.15) is 0 Å².